The predicted molar refractivity (Wildman–Crippen MR) is 92.0 cm³/mol. The van der Waals surface area contributed by atoms with Gasteiger partial charge in [0.05, 0.1) is 5.51 Å². The van der Waals surface area contributed by atoms with Crippen molar-refractivity contribution >= 4 is 22.9 Å². The smallest absolute Gasteiger partial charge is 0.273 e. The highest BCUT2D eigenvalue weighted by Crippen LogP contribution is 2.22. The summed E-state index contributed by atoms with van der Waals surface area (Å²) in [5.74, 6) is -0.158. The number of halogens is 1. The minimum absolute atomic E-state index is 0.0393. The number of carbonyl (C=O) groups is 1. The third-order valence-electron chi connectivity index (χ3n) is 4.82. The van der Waals surface area contributed by atoms with E-state index in [1.54, 1.807) is 10.9 Å². The molecule has 0 bridgehead atoms. The highest BCUT2D eigenvalue weighted by Gasteiger charge is 2.36. The van der Waals surface area contributed by atoms with E-state index in [1.807, 2.05) is 17.0 Å². The van der Waals surface area contributed by atoms with Crippen LogP contribution in [0.3, 0.4) is 0 Å². The first kappa shape index (κ1) is 15.5. The van der Waals surface area contributed by atoms with Gasteiger partial charge in [0.2, 0.25) is 0 Å². The zero-order valence-corrected chi connectivity index (χ0v) is 14.1. The first-order valence-electron chi connectivity index (χ1n) is 8.13. The molecule has 4 rings (SSSR count). The molecule has 0 aliphatic carbocycles. The van der Waals surface area contributed by atoms with Gasteiger partial charge in [-0.15, -0.1) is 11.3 Å². The van der Waals surface area contributed by atoms with Gasteiger partial charge in [0.1, 0.15) is 11.5 Å². The average molecular weight is 346 g/mol. The number of nitrogens with zero attached hydrogens (tertiary/aromatic N) is 4. The summed E-state index contributed by atoms with van der Waals surface area (Å²) >= 11 is 1.45. The van der Waals surface area contributed by atoms with E-state index in [2.05, 4.69) is 14.8 Å². The molecule has 0 N–H and O–H groups in total. The maximum atomic E-state index is 13.0. The van der Waals surface area contributed by atoms with Crippen LogP contribution in [0.4, 0.5) is 10.1 Å². The van der Waals surface area contributed by atoms with Gasteiger partial charge in [-0.2, -0.15) is 0 Å². The zero-order valence-electron chi connectivity index (χ0n) is 13.3. The molecule has 2 saturated heterocycles. The predicted octanol–water partition coefficient (Wildman–Crippen LogP) is 1.93. The van der Waals surface area contributed by atoms with Crippen LogP contribution in [-0.4, -0.2) is 66.0 Å². The Kier molecular flexibility index (Phi) is 4.20. The maximum absolute atomic E-state index is 13.0. The molecule has 5 nitrogen and oxygen atoms in total. The van der Waals surface area contributed by atoms with Crippen molar-refractivity contribution in [2.75, 3.05) is 44.2 Å². The van der Waals surface area contributed by atoms with Gasteiger partial charge in [0.15, 0.2) is 0 Å². The van der Waals surface area contributed by atoms with E-state index in [1.165, 1.54) is 23.5 Å². The third-order valence-corrected chi connectivity index (χ3v) is 5.41. The number of rotatable bonds is 3. The fraction of sp³-hybridized carbons (Fsp3) is 0.412. The summed E-state index contributed by atoms with van der Waals surface area (Å²) < 4.78 is 13.0. The van der Waals surface area contributed by atoms with Crippen molar-refractivity contribution < 1.29 is 9.18 Å². The van der Waals surface area contributed by atoms with E-state index in [9.17, 15) is 9.18 Å². The van der Waals surface area contributed by atoms with Gasteiger partial charge in [-0.25, -0.2) is 9.37 Å². The molecule has 0 unspecified atom stereocenters. The van der Waals surface area contributed by atoms with Gasteiger partial charge in [-0.1, -0.05) is 0 Å². The highest BCUT2D eigenvalue weighted by molar-refractivity contribution is 7.07. The Labute approximate surface area is 144 Å². The molecule has 2 aromatic rings. The molecule has 24 heavy (non-hydrogen) atoms. The Balaban J connectivity index is 1.27. The molecule has 0 atom stereocenters. The van der Waals surface area contributed by atoms with E-state index >= 15 is 0 Å². The summed E-state index contributed by atoms with van der Waals surface area (Å²) in [5.41, 5.74) is 3.32. The largest absolute Gasteiger partial charge is 0.369 e. The highest BCUT2D eigenvalue weighted by atomic mass is 32.1. The second kappa shape index (κ2) is 6.49. The Morgan fingerprint density at radius 3 is 2.46 bits per heavy atom. The van der Waals surface area contributed by atoms with Gasteiger partial charge in [0.25, 0.3) is 5.91 Å². The molecular weight excluding hydrogens is 327 g/mol. The second-order valence-electron chi connectivity index (χ2n) is 6.24. The number of piperazine rings is 1. The minimum Gasteiger partial charge on any atom is -0.369 e. The van der Waals surface area contributed by atoms with Crippen LogP contribution in [0, 0.1) is 5.82 Å². The van der Waals surface area contributed by atoms with Crippen LogP contribution in [0.25, 0.3) is 0 Å². The third kappa shape index (κ3) is 3.01. The Morgan fingerprint density at radius 2 is 1.83 bits per heavy atom. The van der Waals surface area contributed by atoms with E-state index in [0.717, 1.165) is 45.0 Å². The first-order valence-corrected chi connectivity index (χ1v) is 9.07. The first-order chi connectivity index (χ1) is 11.7. The van der Waals surface area contributed by atoms with Crippen LogP contribution in [0.5, 0.6) is 0 Å². The minimum atomic E-state index is -0.197. The molecule has 0 radical (unpaired) electrons. The fourth-order valence-corrected chi connectivity index (χ4v) is 3.86. The lowest BCUT2D eigenvalue weighted by Gasteiger charge is -2.48. The van der Waals surface area contributed by atoms with Crippen LogP contribution in [-0.2, 0) is 0 Å². The molecule has 0 saturated carbocycles. The lowest BCUT2D eigenvalue weighted by Crippen LogP contribution is -2.64. The van der Waals surface area contributed by atoms with Crippen molar-refractivity contribution in [2.24, 2.45) is 0 Å². The number of anilines is 1. The molecule has 2 fully saturated rings. The standard InChI is InChI=1S/C17H19FN4OS/c18-13-1-3-14(4-2-13)20-5-7-21(8-6-20)15-9-22(10-15)17(23)16-11-24-12-19-16/h1-4,11-12,15H,5-10H2. The molecule has 0 spiro atoms. The van der Waals surface area contributed by atoms with Crippen LogP contribution in [0.2, 0.25) is 0 Å². The number of hydrogen-bond donors (Lipinski definition) is 0. The van der Waals surface area contributed by atoms with Crippen molar-refractivity contribution in [1.82, 2.24) is 14.8 Å². The molecule has 2 aliphatic rings. The lowest BCUT2D eigenvalue weighted by atomic mass is 10.1. The van der Waals surface area contributed by atoms with Gasteiger partial charge < -0.3 is 9.80 Å². The van der Waals surface area contributed by atoms with Crippen molar-refractivity contribution in [3.63, 3.8) is 0 Å². The monoisotopic (exact) mass is 346 g/mol. The topological polar surface area (TPSA) is 39.7 Å². The number of carbonyl (C=O) groups excluding carboxylic acids is 1. The van der Waals surface area contributed by atoms with E-state index in [0.29, 0.717) is 11.7 Å². The maximum Gasteiger partial charge on any atom is 0.273 e. The summed E-state index contributed by atoms with van der Waals surface area (Å²) in [5, 5.41) is 1.80. The van der Waals surface area contributed by atoms with Crippen LogP contribution in [0.1, 0.15) is 10.5 Å². The van der Waals surface area contributed by atoms with E-state index in [4.69, 9.17) is 0 Å². The van der Waals surface area contributed by atoms with Crippen LogP contribution < -0.4 is 4.90 Å². The van der Waals surface area contributed by atoms with Gasteiger partial charge in [-0.05, 0) is 24.3 Å². The van der Waals surface area contributed by atoms with E-state index < -0.39 is 0 Å². The summed E-state index contributed by atoms with van der Waals surface area (Å²) in [6.07, 6.45) is 0. The number of aromatic nitrogens is 1. The molecule has 7 heteroatoms. The number of benzene rings is 1. The number of thiazole rings is 1. The number of amides is 1. The lowest BCUT2D eigenvalue weighted by molar-refractivity contribution is 0.0243. The SMILES string of the molecule is O=C(c1cscn1)N1CC(N2CCN(c3ccc(F)cc3)CC2)C1. The second-order valence-corrected chi connectivity index (χ2v) is 6.96. The molecule has 126 valence electrons. The fourth-order valence-electron chi connectivity index (χ4n) is 3.33. The molecule has 1 aromatic carbocycles. The van der Waals surface area contributed by atoms with Gasteiger partial charge in [0, 0.05) is 56.4 Å². The summed E-state index contributed by atoms with van der Waals surface area (Å²) in [7, 11) is 0. The van der Waals surface area contributed by atoms with Crippen molar-refractivity contribution in [3.05, 3.63) is 46.7 Å². The molecule has 3 heterocycles. The van der Waals surface area contributed by atoms with E-state index in [-0.39, 0.29) is 11.7 Å². The van der Waals surface area contributed by atoms with Crippen LogP contribution >= 0.6 is 11.3 Å². The zero-order chi connectivity index (χ0) is 16.5. The van der Waals surface area contributed by atoms with Crippen LogP contribution in [0.15, 0.2) is 35.2 Å². The van der Waals surface area contributed by atoms with Crippen molar-refractivity contribution in [1.29, 1.82) is 0 Å². The normalized spacial score (nSPS) is 19.4. The average Bonchev–Trinajstić information content (AvgIpc) is 3.09. The molecule has 1 amide bonds. The summed E-state index contributed by atoms with van der Waals surface area (Å²) in [6, 6.07) is 7.14. The Hall–Kier alpha value is -1.99. The van der Waals surface area contributed by atoms with Crippen molar-refractivity contribution in [2.45, 2.75) is 6.04 Å². The molecule has 1 aromatic heterocycles. The number of hydrogen-bond acceptors (Lipinski definition) is 5. The Bertz CT molecular complexity index is 692. The quantitative estimate of drug-likeness (QED) is 0.851. The van der Waals surface area contributed by atoms with Gasteiger partial charge in [-0.3, -0.25) is 9.69 Å². The Morgan fingerprint density at radius 1 is 1.12 bits per heavy atom. The summed E-state index contributed by atoms with van der Waals surface area (Å²) in [4.78, 5) is 22.9. The summed E-state index contributed by atoms with van der Waals surface area (Å²) in [6.45, 7) is 5.38. The molecular formula is C17H19FN4OS. The van der Waals surface area contributed by atoms with Crippen molar-refractivity contribution in [3.8, 4) is 0 Å². The number of likely N-dealkylation sites (tertiary alicyclic amines) is 1. The van der Waals surface area contributed by atoms with Gasteiger partial charge >= 0.3 is 0 Å². The molecule has 2 aliphatic heterocycles.